The van der Waals surface area contributed by atoms with E-state index < -0.39 is 17.7 Å². The molecule has 3 rings (SSSR count). The van der Waals surface area contributed by atoms with Gasteiger partial charge in [0.05, 0.1) is 17.8 Å². The molecule has 1 amide bonds. The zero-order valence-electron chi connectivity index (χ0n) is 18.6. The predicted octanol–water partition coefficient (Wildman–Crippen LogP) is 4.27. The van der Waals surface area contributed by atoms with E-state index >= 15 is 0 Å². The molecule has 2 aromatic heterocycles. The number of aromatic amines is 1. The van der Waals surface area contributed by atoms with Gasteiger partial charge in [0.25, 0.3) is 5.91 Å². The number of aromatic nitrogens is 2. The maximum Gasteiger partial charge on any atom is 0.258 e. The highest BCUT2D eigenvalue weighted by atomic mass is 19.1. The fraction of sp³-hybridized carbons (Fsp3) is 0.417. The molecule has 7 heteroatoms. The molecule has 3 N–H and O–H groups in total. The quantitative estimate of drug-likeness (QED) is 0.501. The van der Waals surface area contributed by atoms with Gasteiger partial charge < -0.3 is 20.1 Å². The number of halogens is 1. The second-order valence-corrected chi connectivity index (χ2v) is 8.68. The second-order valence-electron chi connectivity index (χ2n) is 8.68. The zero-order valence-corrected chi connectivity index (χ0v) is 18.6. The lowest BCUT2D eigenvalue weighted by molar-refractivity contribution is -0.123. The number of aliphatic hydroxyl groups is 1. The number of H-pyrrole nitrogens is 1. The number of carbonyl (C=O) groups excluding carboxylic acids is 1. The van der Waals surface area contributed by atoms with Gasteiger partial charge in [0.1, 0.15) is 11.9 Å². The number of amides is 1. The molecule has 1 atom stereocenters. The summed E-state index contributed by atoms with van der Waals surface area (Å²) in [5.74, 6) is 0.373. The third-order valence-electron chi connectivity index (χ3n) is 5.19. The van der Waals surface area contributed by atoms with Gasteiger partial charge in [0, 0.05) is 28.4 Å². The Morgan fingerprint density at radius 2 is 2.03 bits per heavy atom. The van der Waals surface area contributed by atoms with Crippen LogP contribution in [0.1, 0.15) is 44.9 Å². The number of hydrogen-bond acceptors (Lipinski definition) is 4. The summed E-state index contributed by atoms with van der Waals surface area (Å²) >= 11 is 0. The van der Waals surface area contributed by atoms with Crippen molar-refractivity contribution in [2.24, 2.45) is 0 Å². The summed E-state index contributed by atoms with van der Waals surface area (Å²) in [6, 6.07) is 9.67. The van der Waals surface area contributed by atoms with E-state index in [-0.39, 0.29) is 19.1 Å². The van der Waals surface area contributed by atoms with Gasteiger partial charge in [-0.1, -0.05) is 13.8 Å². The number of aryl methyl sites for hydroxylation is 1. The largest absolute Gasteiger partial charge is 0.484 e. The van der Waals surface area contributed by atoms with Crippen molar-refractivity contribution in [3.05, 3.63) is 47.8 Å². The molecule has 0 radical (unpaired) electrons. The van der Waals surface area contributed by atoms with Crippen LogP contribution in [0.5, 0.6) is 5.75 Å². The number of rotatable bonds is 8. The van der Waals surface area contributed by atoms with Crippen molar-refractivity contribution >= 4 is 16.8 Å². The van der Waals surface area contributed by atoms with Crippen molar-refractivity contribution in [1.82, 2.24) is 15.3 Å². The molecule has 31 heavy (non-hydrogen) atoms. The number of nitrogens with zero attached hydrogens (tertiary/aromatic N) is 1. The minimum absolute atomic E-state index is 0.234. The Kier molecular flexibility index (Phi) is 6.65. The minimum Gasteiger partial charge on any atom is -0.484 e. The van der Waals surface area contributed by atoms with Crippen molar-refractivity contribution < 1.29 is 19.0 Å². The average molecular weight is 428 g/mol. The SMILES string of the molecule is Cc1cc(-c2[nH]c3ccc(OCC(=O)NCC(F)C(C)(C)O)cc3c2C(C)C)ccn1. The second kappa shape index (κ2) is 9.06. The van der Waals surface area contributed by atoms with Crippen LogP contribution in [-0.4, -0.2) is 45.9 Å². The first-order valence-corrected chi connectivity index (χ1v) is 10.4. The summed E-state index contributed by atoms with van der Waals surface area (Å²) in [7, 11) is 0. The van der Waals surface area contributed by atoms with Crippen molar-refractivity contribution in [3.8, 4) is 17.0 Å². The molecular weight excluding hydrogens is 397 g/mol. The molecule has 1 aromatic carbocycles. The van der Waals surface area contributed by atoms with Crippen LogP contribution in [0, 0.1) is 6.92 Å². The smallest absolute Gasteiger partial charge is 0.258 e. The monoisotopic (exact) mass is 427 g/mol. The highest BCUT2D eigenvalue weighted by Crippen LogP contribution is 2.37. The average Bonchev–Trinajstić information content (AvgIpc) is 3.08. The van der Waals surface area contributed by atoms with E-state index in [0.29, 0.717) is 5.75 Å². The summed E-state index contributed by atoms with van der Waals surface area (Å²) in [5, 5.41) is 13.1. The lowest BCUT2D eigenvalue weighted by Gasteiger charge is -2.22. The van der Waals surface area contributed by atoms with Gasteiger partial charge in [-0.05, 0) is 62.6 Å². The number of ether oxygens (including phenoxy) is 1. The van der Waals surface area contributed by atoms with Crippen LogP contribution in [0.2, 0.25) is 0 Å². The molecule has 0 aliphatic rings. The van der Waals surface area contributed by atoms with Crippen LogP contribution in [-0.2, 0) is 4.79 Å². The van der Waals surface area contributed by atoms with Crippen LogP contribution >= 0.6 is 0 Å². The third-order valence-corrected chi connectivity index (χ3v) is 5.19. The zero-order chi connectivity index (χ0) is 22.8. The first kappa shape index (κ1) is 22.7. The van der Waals surface area contributed by atoms with Crippen LogP contribution in [0.25, 0.3) is 22.2 Å². The highest BCUT2D eigenvalue weighted by molar-refractivity contribution is 5.92. The lowest BCUT2D eigenvalue weighted by atomic mass is 9.96. The Morgan fingerprint density at radius 3 is 2.68 bits per heavy atom. The normalized spacial score (nSPS) is 12.9. The first-order chi connectivity index (χ1) is 14.6. The molecular formula is C24H30FN3O3. The Bertz CT molecular complexity index is 1070. The van der Waals surface area contributed by atoms with Gasteiger partial charge in [0.2, 0.25) is 0 Å². The Hall–Kier alpha value is -2.93. The number of benzene rings is 1. The van der Waals surface area contributed by atoms with Gasteiger partial charge in [-0.25, -0.2) is 4.39 Å². The maximum atomic E-state index is 13.8. The molecule has 0 aliphatic carbocycles. The van der Waals surface area contributed by atoms with Crippen molar-refractivity contribution in [2.45, 2.75) is 52.3 Å². The molecule has 2 heterocycles. The topological polar surface area (TPSA) is 87.2 Å². The van der Waals surface area contributed by atoms with Crippen molar-refractivity contribution in [1.29, 1.82) is 0 Å². The Balaban J connectivity index is 1.78. The summed E-state index contributed by atoms with van der Waals surface area (Å²) in [6.07, 6.45) is 0.240. The Labute approximate surface area is 181 Å². The molecule has 0 bridgehead atoms. The molecule has 6 nitrogen and oxygen atoms in total. The van der Waals surface area contributed by atoms with Crippen molar-refractivity contribution in [2.75, 3.05) is 13.2 Å². The van der Waals surface area contributed by atoms with E-state index in [1.54, 1.807) is 12.3 Å². The van der Waals surface area contributed by atoms with Gasteiger partial charge in [-0.3, -0.25) is 9.78 Å². The molecule has 0 aliphatic heterocycles. The van der Waals surface area contributed by atoms with E-state index in [1.165, 1.54) is 19.4 Å². The van der Waals surface area contributed by atoms with E-state index in [1.807, 2.05) is 31.2 Å². The summed E-state index contributed by atoms with van der Waals surface area (Å²) in [4.78, 5) is 19.8. The van der Waals surface area contributed by atoms with Crippen molar-refractivity contribution in [3.63, 3.8) is 0 Å². The van der Waals surface area contributed by atoms with E-state index in [2.05, 4.69) is 29.1 Å². The third kappa shape index (κ3) is 5.41. The summed E-state index contributed by atoms with van der Waals surface area (Å²) in [6.45, 7) is 8.45. The highest BCUT2D eigenvalue weighted by Gasteiger charge is 2.26. The molecule has 0 spiro atoms. The fourth-order valence-electron chi connectivity index (χ4n) is 3.46. The van der Waals surface area contributed by atoms with E-state index in [9.17, 15) is 14.3 Å². The van der Waals surface area contributed by atoms with Gasteiger partial charge in [-0.2, -0.15) is 0 Å². The summed E-state index contributed by atoms with van der Waals surface area (Å²) < 4.78 is 19.4. The lowest BCUT2D eigenvalue weighted by Crippen LogP contribution is -2.43. The molecule has 0 saturated heterocycles. The molecule has 166 valence electrons. The van der Waals surface area contributed by atoms with Crippen LogP contribution < -0.4 is 10.1 Å². The molecule has 1 unspecified atom stereocenters. The molecule has 0 fully saturated rings. The maximum absolute atomic E-state index is 13.8. The van der Waals surface area contributed by atoms with E-state index in [4.69, 9.17) is 4.74 Å². The fourth-order valence-corrected chi connectivity index (χ4v) is 3.46. The number of carbonyl (C=O) groups is 1. The van der Waals surface area contributed by atoms with Crippen LogP contribution in [0.4, 0.5) is 4.39 Å². The number of pyridine rings is 1. The van der Waals surface area contributed by atoms with Crippen LogP contribution in [0.15, 0.2) is 36.5 Å². The molecule has 3 aromatic rings. The predicted molar refractivity (Wildman–Crippen MR) is 120 cm³/mol. The van der Waals surface area contributed by atoms with Crippen LogP contribution in [0.3, 0.4) is 0 Å². The van der Waals surface area contributed by atoms with Gasteiger partial charge >= 0.3 is 0 Å². The number of nitrogens with one attached hydrogen (secondary N) is 2. The minimum atomic E-state index is -1.56. The van der Waals surface area contributed by atoms with Gasteiger partial charge in [0.15, 0.2) is 6.61 Å². The number of alkyl halides is 1. The Morgan fingerprint density at radius 1 is 1.29 bits per heavy atom. The first-order valence-electron chi connectivity index (χ1n) is 10.4. The van der Waals surface area contributed by atoms with Gasteiger partial charge in [-0.15, -0.1) is 0 Å². The standard InChI is InChI=1S/C24H30FN3O3/c1-14(2)22-18-11-17(31-13-21(29)27-12-20(25)24(4,5)30)6-7-19(18)28-23(22)16-8-9-26-15(3)10-16/h6-11,14,20,28,30H,12-13H2,1-5H3,(H,27,29). The number of fused-ring (bicyclic) bond motifs is 1. The molecule has 0 saturated carbocycles. The number of hydrogen-bond donors (Lipinski definition) is 3. The van der Waals surface area contributed by atoms with E-state index in [0.717, 1.165) is 27.9 Å². The summed E-state index contributed by atoms with van der Waals surface area (Å²) in [5.41, 5.74) is 3.70.